The number of aliphatic hydroxyl groups excluding tert-OH is 1. The molecule has 1 aromatic heterocycles. The number of piperidine rings is 1. The quantitative estimate of drug-likeness (QED) is 0.842. The maximum absolute atomic E-state index is 12.6. The molecule has 1 saturated heterocycles. The number of aromatic nitrogens is 2. The van der Waals surface area contributed by atoms with Crippen LogP contribution in [0.5, 0.6) is 5.75 Å². The van der Waals surface area contributed by atoms with Crippen LogP contribution in [0.15, 0.2) is 18.3 Å². The Kier molecular flexibility index (Phi) is 3.87. The number of hydrogen-bond acceptors (Lipinski definition) is 4. The van der Waals surface area contributed by atoms with E-state index in [1.807, 2.05) is 18.0 Å². The van der Waals surface area contributed by atoms with Crippen molar-refractivity contribution in [3.63, 3.8) is 0 Å². The molecular weight excluding hydrogens is 306 g/mol. The molecular formula is C18H25N3O3. The van der Waals surface area contributed by atoms with Crippen molar-refractivity contribution in [2.75, 3.05) is 13.1 Å². The van der Waals surface area contributed by atoms with Gasteiger partial charge in [-0.05, 0) is 19.8 Å². The summed E-state index contributed by atoms with van der Waals surface area (Å²) >= 11 is 0. The summed E-state index contributed by atoms with van der Waals surface area (Å²) < 4.78 is 8.08. The lowest BCUT2D eigenvalue weighted by Gasteiger charge is -2.45. The van der Waals surface area contributed by atoms with E-state index in [2.05, 4.69) is 17.3 Å². The highest BCUT2D eigenvalue weighted by molar-refractivity contribution is 5.79. The molecule has 3 aliphatic rings. The van der Waals surface area contributed by atoms with Gasteiger partial charge in [0.2, 0.25) is 5.91 Å². The monoisotopic (exact) mass is 331 g/mol. The van der Waals surface area contributed by atoms with Gasteiger partial charge in [-0.3, -0.25) is 9.48 Å². The zero-order chi connectivity index (χ0) is 16.7. The van der Waals surface area contributed by atoms with Gasteiger partial charge in [0.15, 0.2) is 5.75 Å². The smallest absolute Gasteiger partial charge is 0.226 e. The number of fused-ring (bicyclic) bond motifs is 1. The minimum Gasteiger partial charge on any atom is -0.483 e. The Hall–Kier alpha value is -1.82. The fraction of sp³-hybridized carbons (Fsp3) is 0.667. The number of hydrogen-bond donors (Lipinski definition) is 1. The highest BCUT2D eigenvalue weighted by Crippen LogP contribution is 2.43. The van der Waals surface area contributed by atoms with Gasteiger partial charge >= 0.3 is 0 Å². The first kappa shape index (κ1) is 15.7. The van der Waals surface area contributed by atoms with Crippen LogP contribution in [-0.2, 0) is 11.3 Å². The van der Waals surface area contributed by atoms with E-state index in [0.717, 1.165) is 32.2 Å². The standard InChI is InChI=1S/C18H25N3O3/c1-2-21-12-15-16(19-21)14(22)11-18(24-15)7-9-20(10-8-18)17(23)13-5-3-4-6-13/h3-4,12-14,22H,2,5-11H2,1H3. The summed E-state index contributed by atoms with van der Waals surface area (Å²) in [4.78, 5) is 14.5. The first-order chi connectivity index (χ1) is 11.6. The third kappa shape index (κ3) is 2.62. The van der Waals surface area contributed by atoms with Crippen LogP contribution in [-0.4, -0.2) is 44.4 Å². The Balaban J connectivity index is 1.44. The SMILES string of the molecule is CCn1cc2c(n1)C(O)CC1(CCN(C(=O)C3CC=CC3)CC1)O2. The maximum atomic E-state index is 12.6. The first-order valence-electron chi connectivity index (χ1n) is 8.98. The van der Waals surface area contributed by atoms with Gasteiger partial charge in [0.1, 0.15) is 17.4 Å². The zero-order valence-electron chi connectivity index (χ0n) is 14.1. The number of carbonyl (C=O) groups is 1. The third-order valence-corrected chi connectivity index (χ3v) is 5.63. The van der Waals surface area contributed by atoms with Crippen LogP contribution in [0, 0.1) is 5.92 Å². The summed E-state index contributed by atoms with van der Waals surface area (Å²) in [7, 11) is 0. The number of aliphatic hydroxyl groups is 1. The van der Waals surface area contributed by atoms with E-state index in [-0.39, 0.29) is 17.4 Å². The van der Waals surface area contributed by atoms with Crippen molar-refractivity contribution in [3.05, 3.63) is 24.0 Å². The molecule has 0 aromatic carbocycles. The van der Waals surface area contributed by atoms with Crippen molar-refractivity contribution in [2.45, 2.75) is 57.3 Å². The van der Waals surface area contributed by atoms with Crippen molar-refractivity contribution in [1.82, 2.24) is 14.7 Å². The van der Waals surface area contributed by atoms with Crippen LogP contribution < -0.4 is 4.74 Å². The van der Waals surface area contributed by atoms with E-state index in [4.69, 9.17) is 4.74 Å². The van der Waals surface area contributed by atoms with E-state index < -0.39 is 6.10 Å². The van der Waals surface area contributed by atoms with Crippen LogP contribution in [0.25, 0.3) is 0 Å². The second kappa shape index (κ2) is 5.92. The average molecular weight is 331 g/mol. The number of nitrogens with zero attached hydrogens (tertiary/aromatic N) is 3. The van der Waals surface area contributed by atoms with Crippen LogP contribution in [0.1, 0.15) is 50.8 Å². The molecule has 6 heteroatoms. The fourth-order valence-corrected chi connectivity index (χ4v) is 4.13. The number of aryl methyl sites for hydroxylation is 1. The van der Waals surface area contributed by atoms with Gasteiger partial charge in [0.05, 0.1) is 6.20 Å². The topological polar surface area (TPSA) is 67.6 Å². The average Bonchev–Trinajstić information content (AvgIpc) is 3.24. The van der Waals surface area contributed by atoms with Crippen LogP contribution in [0.3, 0.4) is 0 Å². The summed E-state index contributed by atoms with van der Waals surface area (Å²) in [5.41, 5.74) is 0.289. The zero-order valence-corrected chi connectivity index (χ0v) is 14.1. The summed E-state index contributed by atoms with van der Waals surface area (Å²) in [6.07, 6.45) is 9.34. The van der Waals surface area contributed by atoms with Crippen LogP contribution in [0.4, 0.5) is 0 Å². The molecule has 1 unspecified atom stereocenters. The van der Waals surface area contributed by atoms with Gasteiger partial charge in [-0.15, -0.1) is 0 Å². The molecule has 1 aromatic rings. The molecule has 4 rings (SSSR count). The lowest BCUT2D eigenvalue weighted by Crippen LogP contribution is -2.52. The van der Waals surface area contributed by atoms with Gasteiger partial charge in [0.25, 0.3) is 0 Å². The molecule has 1 aliphatic carbocycles. The Morgan fingerprint density at radius 2 is 2.08 bits per heavy atom. The van der Waals surface area contributed by atoms with Crippen molar-refractivity contribution < 1.29 is 14.6 Å². The fourth-order valence-electron chi connectivity index (χ4n) is 4.13. The molecule has 1 spiro atoms. The Morgan fingerprint density at radius 1 is 1.38 bits per heavy atom. The number of ether oxygens (including phenoxy) is 1. The van der Waals surface area contributed by atoms with Crippen molar-refractivity contribution in [1.29, 1.82) is 0 Å². The molecule has 0 bridgehead atoms. The predicted octanol–water partition coefficient (Wildman–Crippen LogP) is 2.05. The third-order valence-electron chi connectivity index (χ3n) is 5.63. The van der Waals surface area contributed by atoms with Crippen molar-refractivity contribution in [2.24, 2.45) is 5.92 Å². The van der Waals surface area contributed by atoms with E-state index in [1.54, 1.807) is 4.68 Å². The maximum Gasteiger partial charge on any atom is 0.226 e. The van der Waals surface area contributed by atoms with Crippen molar-refractivity contribution >= 4 is 5.91 Å². The van der Waals surface area contributed by atoms with E-state index in [9.17, 15) is 9.90 Å². The van der Waals surface area contributed by atoms with E-state index in [0.29, 0.717) is 31.0 Å². The van der Waals surface area contributed by atoms with Gasteiger partial charge in [-0.1, -0.05) is 12.2 Å². The lowest BCUT2D eigenvalue weighted by atomic mass is 9.83. The second-order valence-corrected chi connectivity index (χ2v) is 7.20. The molecule has 1 N–H and O–H groups in total. The highest BCUT2D eigenvalue weighted by atomic mass is 16.5. The highest BCUT2D eigenvalue weighted by Gasteiger charge is 2.45. The lowest BCUT2D eigenvalue weighted by molar-refractivity contribution is -0.140. The number of carbonyl (C=O) groups excluding carboxylic acids is 1. The molecule has 3 heterocycles. The summed E-state index contributed by atoms with van der Waals surface area (Å²) in [6.45, 7) is 4.19. The molecule has 2 aliphatic heterocycles. The molecule has 0 radical (unpaired) electrons. The van der Waals surface area contributed by atoms with Gasteiger partial charge in [0, 0.05) is 44.8 Å². The first-order valence-corrected chi connectivity index (χ1v) is 8.98. The van der Waals surface area contributed by atoms with E-state index >= 15 is 0 Å². The minimum absolute atomic E-state index is 0.131. The Bertz CT molecular complexity index is 650. The van der Waals surface area contributed by atoms with Gasteiger partial charge in [-0.2, -0.15) is 5.10 Å². The molecule has 130 valence electrons. The van der Waals surface area contributed by atoms with Crippen LogP contribution in [0.2, 0.25) is 0 Å². The largest absolute Gasteiger partial charge is 0.483 e. The Morgan fingerprint density at radius 3 is 2.75 bits per heavy atom. The molecule has 1 atom stereocenters. The summed E-state index contributed by atoms with van der Waals surface area (Å²) in [5, 5.41) is 14.9. The summed E-state index contributed by atoms with van der Waals surface area (Å²) in [5.74, 6) is 1.10. The van der Waals surface area contributed by atoms with Gasteiger partial charge < -0.3 is 14.7 Å². The predicted molar refractivity (Wildman–Crippen MR) is 88.5 cm³/mol. The second-order valence-electron chi connectivity index (χ2n) is 7.20. The Labute approximate surface area is 142 Å². The normalized spacial score (nSPS) is 25.8. The number of likely N-dealkylation sites (tertiary alicyclic amines) is 1. The number of allylic oxidation sites excluding steroid dienone is 2. The molecule has 0 saturated carbocycles. The molecule has 1 fully saturated rings. The van der Waals surface area contributed by atoms with E-state index in [1.165, 1.54) is 0 Å². The minimum atomic E-state index is -0.581. The number of rotatable bonds is 2. The molecule has 24 heavy (non-hydrogen) atoms. The van der Waals surface area contributed by atoms with Gasteiger partial charge in [-0.25, -0.2) is 0 Å². The van der Waals surface area contributed by atoms with Crippen molar-refractivity contribution in [3.8, 4) is 5.75 Å². The molecule has 1 amide bonds. The number of amides is 1. The molecule has 6 nitrogen and oxygen atoms in total. The van der Waals surface area contributed by atoms with Crippen LogP contribution >= 0.6 is 0 Å². The summed E-state index contributed by atoms with van der Waals surface area (Å²) in [6, 6.07) is 0.